The van der Waals surface area contributed by atoms with Gasteiger partial charge in [0.2, 0.25) is 0 Å². The predicted molar refractivity (Wildman–Crippen MR) is 87.5 cm³/mol. The van der Waals surface area contributed by atoms with Crippen LogP contribution >= 0.6 is 22.9 Å². The maximum atomic E-state index is 12.3. The fourth-order valence-corrected chi connectivity index (χ4v) is 3.44. The van der Waals surface area contributed by atoms with Crippen LogP contribution in [0.1, 0.15) is 21.7 Å². The molecule has 0 radical (unpaired) electrons. The molecule has 3 heterocycles. The molecule has 0 N–H and O–H groups in total. The standard InChI is InChI=1S/C16H17ClN2O2S/c17-14-9-18-4-3-12(14)10-19-5-6-21-11-13(19)8-15(20)16-2-1-7-22-16/h1-4,7,9,13H,5-6,8,10-11H2/t13-/m0/s1. The van der Waals surface area contributed by atoms with Gasteiger partial charge < -0.3 is 4.74 Å². The molecular weight excluding hydrogens is 320 g/mol. The zero-order chi connectivity index (χ0) is 15.4. The Bertz CT molecular complexity index is 633. The van der Waals surface area contributed by atoms with E-state index in [9.17, 15) is 4.79 Å². The molecule has 0 amide bonds. The summed E-state index contributed by atoms with van der Waals surface area (Å²) in [4.78, 5) is 19.4. The number of ketones is 1. The molecule has 0 saturated carbocycles. The topological polar surface area (TPSA) is 42.4 Å². The minimum Gasteiger partial charge on any atom is -0.378 e. The van der Waals surface area contributed by atoms with Crippen LogP contribution in [0.2, 0.25) is 5.02 Å². The molecule has 1 saturated heterocycles. The van der Waals surface area contributed by atoms with Crippen molar-refractivity contribution >= 4 is 28.7 Å². The zero-order valence-corrected chi connectivity index (χ0v) is 13.6. The predicted octanol–water partition coefficient (Wildman–Crippen LogP) is 3.27. The van der Waals surface area contributed by atoms with Crippen LogP contribution in [0.5, 0.6) is 0 Å². The first-order valence-electron chi connectivity index (χ1n) is 7.21. The van der Waals surface area contributed by atoms with Crippen LogP contribution in [-0.4, -0.2) is 41.5 Å². The lowest BCUT2D eigenvalue weighted by Crippen LogP contribution is -2.45. The van der Waals surface area contributed by atoms with E-state index in [0.717, 1.165) is 17.0 Å². The third-order valence-electron chi connectivity index (χ3n) is 3.80. The van der Waals surface area contributed by atoms with Gasteiger partial charge in [0.05, 0.1) is 23.1 Å². The van der Waals surface area contributed by atoms with E-state index in [1.807, 2.05) is 23.6 Å². The van der Waals surface area contributed by atoms with Gasteiger partial charge in [-0.2, -0.15) is 0 Å². The summed E-state index contributed by atoms with van der Waals surface area (Å²) in [5.41, 5.74) is 1.03. The fourth-order valence-electron chi connectivity index (χ4n) is 2.59. The molecule has 1 fully saturated rings. The second-order valence-corrected chi connectivity index (χ2v) is 6.63. The number of carbonyl (C=O) groups is 1. The summed E-state index contributed by atoms with van der Waals surface area (Å²) in [6.45, 7) is 2.79. The van der Waals surface area contributed by atoms with Gasteiger partial charge in [-0.05, 0) is 23.1 Å². The number of Topliss-reactive ketones (excluding diaryl/α,β-unsaturated/α-hetero) is 1. The SMILES string of the molecule is O=C(C[C@H]1COCCN1Cc1ccncc1Cl)c1cccs1. The van der Waals surface area contributed by atoms with Gasteiger partial charge in [-0.3, -0.25) is 14.7 Å². The second kappa shape index (κ2) is 7.33. The third kappa shape index (κ3) is 3.73. The Balaban J connectivity index is 1.69. The number of hydrogen-bond donors (Lipinski definition) is 0. The van der Waals surface area contributed by atoms with Crippen LogP contribution in [0.3, 0.4) is 0 Å². The first kappa shape index (κ1) is 15.6. The van der Waals surface area contributed by atoms with Crippen LogP contribution in [0.4, 0.5) is 0 Å². The maximum absolute atomic E-state index is 12.3. The number of morpholine rings is 1. The lowest BCUT2D eigenvalue weighted by atomic mass is 10.1. The second-order valence-electron chi connectivity index (χ2n) is 5.27. The average molecular weight is 337 g/mol. The molecule has 0 aromatic carbocycles. The Hall–Kier alpha value is -1.27. The average Bonchev–Trinajstić information content (AvgIpc) is 3.06. The highest BCUT2D eigenvalue weighted by atomic mass is 35.5. The highest BCUT2D eigenvalue weighted by Crippen LogP contribution is 2.22. The van der Waals surface area contributed by atoms with Gasteiger partial charge >= 0.3 is 0 Å². The highest BCUT2D eigenvalue weighted by molar-refractivity contribution is 7.12. The number of carbonyl (C=O) groups excluding carboxylic acids is 1. The van der Waals surface area contributed by atoms with E-state index in [0.29, 0.717) is 31.2 Å². The van der Waals surface area contributed by atoms with Crippen molar-refractivity contribution in [3.05, 3.63) is 51.4 Å². The summed E-state index contributed by atoms with van der Waals surface area (Å²) in [5, 5.41) is 2.59. The number of rotatable bonds is 5. The number of nitrogens with zero attached hydrogens (tertiary/aromatic N) is 2. The molecule has 1 atom stereocenters. The van der Waals surface area contributed by atoms with Crippen molar-refractivity contribution in [2.75, 3.05) is 19.8 Å². The Morgan fingerprint density at radius 3 is 3.18 bits per heavy atom. The normalized spacial score (nSPS) is 19.2. The number of ether oxygens (including phenoxy) is 1. The summed E-state index contributed by atoms with van der Waals surface area (Å²) in [5.74, 6) is 0.177. The van der Waals surface area contributed by atoms with E-state index in [1.165, 1.54) is 11.3 Å². The highest BCUT2D eigenvalue weighted by Gasteiger charge is 2.26. The molecule has 4 nitrogen and oxygen atoms in total. The lowest BCUT2D eigenvalue weighted by molar-refractivity contribution is -0.0125. The van der Waals surface area contributed by atoms with Crippen molar-refractivity contribution in [1.82, 2.24) is 9.88 Å². The van der Waals surface area contributed by atoms with Crippen molar-refractivity contribution in [1.29, 1.82) is 0 Å². The minimum absolute atomic E-state index is 0.0904. The largest absolute Gasteiger partial charge is 0.378 e. The molecule has 0 aliphatic carbocycles. The van der Waals surface area contributed by atoms with Crippen molar-refractivity contribution < 1.29 is 9.53 Å². The van der Waals surface area contributed by atoms with Gasteiger partial charge in [0, 0.05) is 37.9 Å². The van der Waals surface area contributed by atoms with E-state index in [1.54, 1.807) is 12.4 Å². The number of halogens is 1. The molecule has 1 aliphatic rings. The number of pyridine rings is 1. The smallest absolute Gasteiger partial charge is 0.174 e. The van der Waals surface area contributed by atoms with Crippen LogP contribution < -0.4 is 0 Å². The molecule has 116 valence electrons. The molecule has 2 aromatic rings. The molecule has 0 unspecified atom stereocenters. The van der Waals surface area contributed by atoms with Gasteiger partial charge in [0.15, 0.2) is 5.78 Å². The van der Waals surface area contributed by atoms with Crippen molar-refractivity contribution in [2.45, 2.75) is 19.0 Å². The number of hydrogen-bond acceptors (Lipinski definition) is 5. The quantitative estimate of drug-likeness (QED) is 0.786. The van der Waals surface area contributed by atoms with Crippen LogP contribution in [0.25, 0.3) is 0 Å². The van der Waals surface area contributed by atoms with Crippen molar-refractivity contribution in [3.8, 4) is 0 Å². The Morgan fingerprint density at radius 1 is 1.50 bits per heavy atom. The van der Waals surface area contributed by atoms with Crippen LogP contribution in [0.15, 0.2) is 36.0 Å². The van der Waals surface area contributed by atoms with Gasteiger partial charge in [-0.15, -0.1) is 11.3 Å². The van der Waals surface area contributed by atoms with Crippen molar-refractivity contribution in [3.63, 3.8) is 0 Å². The molecule has 0 spiro atoms. The number of thiophene rings is 1. The molecule has 22 heavy (non-hydrogen) atoms. The molecule has 3 rings (SSSR count). The summed E-state index contributed by atoms with van der Waals surface area (Å²) in [6.07, 6.45) is 3.87. The van der Waals surface area contributed by atoms with Gasteiger partial charge in [-0.25, -0.2) is 0 Å². The van der Waals surface area contributed by atoms with Gasteiger partial charge in [-0.1, -0.05) is 17.7 Å². The Labute approximate surface area is 138 Å². The van der Waals surface area contributed by atoms with Crippen LogP contribution in [-0.2, 0) is 11.3 Å². The molecule has 0 bridgehead atoms. The molecular formula is C16H17ClN2O2S. The Kier molecular flexibility index (Phi) is 5.20. The fraction of sp³-hybridized carbons (Fsp3) is 0.375. The number of aromatic nitrogens is 1. The third-order valence-corrected chi connectivity index (χ3v) is 5.05. The monoisotopic (exact) mass is 336 g/mol. The van der Waals surface area contributed by atoms with Crippen LogP contribution in [0, 0.1) is 0 Å². The van der Waals surface area contributed by atoms with E-state index >= 15 is 0 Å². The van der Waals surface area contributed by atoms with E-state index in [2.05, 4.69) is 9.88 Å². The molecule has 1 aliphatic heterocycles. The Morgan fingerprint density at radius 2 is 2.41 bits per heavy atom. The minimum atomic E-state index is 0.0904. The first-order valence-corrected chi connectivity index (χ1v) is 8.46. The summed E-state index contributed by atoms with van der Waals surface area (Å²) >= 11 is 7.68. The first-order chi connectivity index (χ1) is 10.7. The van der Waals surface area contributed by atoms with Crippen molar-refractivity contribution in [2.24, 2.45) is 0 Å². The summed E-state index contributed by atoms with van der Waals surface area (Å²) < 4.78 is 5.56. The van der Waals surface area contributed by atoms with E-state index < -0.39 is 0 Å². The van der Waals surface area contributed by atoms with Gasteiger partial charge in [0.1, 0.15) is 0 Å². The summed E-state index contributed by atoms with van der Waals surface area (Å²) in [6, 6.07) is 5.80. The maximum Gasteiger partial charge on any atom is 0.174 e. The van der Waals surface area contributed by atoms with E-state index in [-0.39, 0.29) is 11.8 Å². The molecule has 6 heteroatoms. The van der Waals surface area contributed by atoms with Gasteiger partial charge in [0.25, 0.3) is 0 Å². The zero-order valence-electron chi connectivity index (χ0n) is 12.1. The van der Waals surface area contributed by atoms with E-state index in [4.69, 9.17) is 16.3 Å². The lowest BCUT2D eigenvalue weighted by Gasteiger charge is -2.35. The molecule has 2 aromatic heterocycles. The summed E-state index contributed by atoms with van der Waals surface area (Å²) in [7, 11) is 0.